The highest BCUT2D eigenvalue weighted by atomic mass is 35.5. The number of carboxylic acids is 1. The molecular formula is C28H29ClF6N4O3S. The number of benzene rings is 2. The zero-order valence-electron chi connectivity index (χ0n) is 23.0. The van der Waals surface area contributed by atoms with Crippen LogP contribution in [-0.2, 0) is 17.4 Å². The normalized spacial score (nSPS) is 15.8. The molecule has 0 unspecified atom stereocenters. The Morgan fingerprint density at radius 3 is 2.53 bits per heavy atom. The Morgan fingerprint density at radius 1 is 1.28 bits per heavy atom. The molecule has 0 amide bonds. The van der Waals surface area contributed by atoms with E-state index in [1.807, 2.05) is 0 Å². The number of ether oxygens (including phenoxy) is 1. The number of carboxylic acid groups (broad SMARTS) is 1. The predicted molar refractivity (Wildman–Crippen MR) is 156 cm³/mol. The van der Waals surface area contributed by atoms with Crippen LogP contribution in [0.15, 0.2) is 35.5 Å². The van der Waals surface area contributed by atoms with Crippen LogP contribution in [0.25, 0.3) is 0 Å². The van der Waals surface area contributed by atoms with Gasteiger partial charge in [-0.3, -0.25) is 4.79 Å². The number of nitrogens with one attached hydrogen (secondary N) is 3. The lowest BCUT2D eigenvalue weighted by Crippen LogP contribution is -2.29. The molecule has 4 N–H and O–H groups in total. The number of alkyl halides is 4. The van der Waals surface area contributed by atoms with Crippen molar-refractivity contribution in [3.05, 3.63) is 63.3 Å². The van der Waals surface area contributed by atoms with Crippen LogP contribution < -0.4 is 20.3 Å². The van der Waals surface area contributed by atoms with Crippen LogP contribution in [0.4, 0.5) is 37.7 Å². The maximum atomic E-state index is 14.2. The molecule has 43 heavy (non-hydrogen) atoms. The third kappa shape index (κ3) is 8.75. The van der Waals surface area contributed by atoms with Crippen LogP contribution in [0.1, 0.15) is 31.4 Å². The van der Waals surface area contributed by atoms with E-state index in [1.165, 1.54) is 4.90 Å². The number of hydrogen-bond acceptors (Lipinski definition) is 6. The molecular weight excluding hydrogens is 622 g/mol. The van der Waals surface area contributed by atoms with Crippen molar-refractivity contribution >= 4 is 52.4 Å². The quantitative estimate of drug-likeness (QED) is 0.0502. The largest absolute Gasteiger partial charge is 0.490 e. The van der Waals surface area contributed by atoms with Crippen molar-refractivity contribution in [1.29, 1.82) is 5.41 Å². The van der Waals surface area contributed by atoms with Crippen LogP contribution in [0, 0.1) is 23.0 Å². The second-order valence-electron chi connectivity index (χ2n) is 9.98. The molecule has 15 heteroatoms. The highest BCUT2D eigenvalue weighted by Gasteiger charge is 2.36. The van der Waals surface area contributed by atoms with E-state index >= 15 is 0 Å². The zero-order chi connectivity index (χ0) is 32.1. The van der Waals surface area contributed by atoms with Gasteiger partial charge in [0.1, 0.15) is 40.2 Å². The minimum absolute atomic E-state index is 0.0306. The first kappa shape index (κ1) is 34.0. The van der Waals surface area contributed by atoms with Gasteiger partial charge in [0.15, 0.2) is 0 Å². The highest BCUT2D eigenvalue weighted by Crippen LogP contribution is 2.40. The molecule has 0 bridgehead atoms. The lowest BCUT2D eigenvalue weighted by Gasteiger charge is -2.25. The van der Waals surface area contributed by atoms with Crippen LogP contribution in [0.2, 0.25) is 5.02 Å². The predicted octanol–water partition coefficient (Wildman–Crippen LogP) is 6.78. The van der Waals surface area contributed by atoms with Gasteiger partial charge in [-0.15, -0.1) is 0 Å². The van der Waals surface area contributed by atoms with Crippen molar-refractivity contribution in [3.8, 4) is 5.75 Å². The first-order valence-electron chi connectivity index (χ1n) is 13.0. The number of halogens is 7. The fraction of sp³-hybridized carbons (Fsp3) is 0.393. The van der Waals surface area contributed by atoms with E-state index < -0.39 is 52.6 Å². The number of anilines is 2. The van der Waals surface area contributed by atoms with Crippen LogP contribution in [0.5, 0.6) is 5.75 Å². The summed E-state index contributed by atoms with van der Waals surface area (Å²) >= 11 is 11.2. The average molecular weight is 651 g/mol. The Bertz CT molecular complexity index is 1420. The van der Waals surface area contributed by atoms with Crippen molar-refractivity contribution in [2.45, 2.75) is 39.0 Å². The van der Waals surface area contributed by atoms with Crippen molar-refractivity contribution < 1.29 is 41.0 Å². The molecule has 234 valence electrons. The molecule has 0 aliphatic carbocycles. The van der Waals surface area contributed by atoms with Crippen molar-refractivity contribution in [3.63, 3.8) is 0 Å². The maximum absolute atomic E-state index is 14.2. The first-order chi connectivity index (χ1) is 20.1. The van der Waals surface area contributed by atoms with E-state index in [2.05, 4.69) is 10.6 Å². The summed E-state index contributed by atoms with van der Waals surface area (Å²) in [7, 11) is 0. The molecule has 3 rings (SSSR count). The summed E-state index contributed by atoms with van der Waals surface area (Å²) in [5, 5.41) is 22.4. The van der Waals surface area contributed by atoms with Crippen LogP contribution >= 0.6 is 23.8 Å². The Morgan fingerprint density at radius 2 is 1.98 bits per heavy atom. The Kier molecular flexibility index (Phi) is 11.3. The summed E-state index contributed by atoms with van der Waals surface area (Å²) in [4.78, 5) is 12.7. The van der Waals surface area contributed by atoms with Gasteiger partial charge in [0.25, 0.3) is 0 Å². The van der Waals surface area contributed by atoms with Gasteiger partial charge in [0, 0.05) is 54.9 Å². The molecule has 1 atom stereocenters. The molecule has 7 nitrogen and oxygen atoms in total. The minimum atomic E-state index is -4.88. The van der Waals surface area contributed by atoms with Gasteiger partial charge in [-0.1, -0.05) is 37.7 Å². The number of thiocarbonyl (C=S) groups is 1. The third-order valence-electron chi connectivity index (χ3n) is 6.48. The minimum Gasteiger partial charge on any atom is -0.490 e. The molecule has 1 fully saturated rings. The molecule has 0 aromatic heterocycles. The van der Waals surface area contributed by atoms with E-state index in [-0.39, 0.29) is 66.1 Å². The van der Waals surface area contributed by atoms with E-state index in [1.54, 1.807) is 13.8 Å². The van der Waals surface area contributed by atoms with E-state index in [0.29, 0.717) is 11.8 Å². The Balaban J connectivity index is 1.90. The lowest BCUT2D eigenvalue weighted by molar-refractivity contribution is -0.137. The molecule has 2 aromatic rings. The number of allylic oxidation sites excluding steroid dienone is 1. The average Bonchev–Trinajstić information content (AvgIpc) is 3.33. The van der Waals surface area contributed by atoms with E-state index in [0.717, 1.165) is 24.4 Å². The number of hydrogen-bond donors (Lipinski definition) is 4. The summed E-state index contributed by atoms with van der Waals surface area (Å²) in [5.74, 6) is -3.72. The monoisotopic (exact) mass is 650 g/mol. The summed E-state index contributed by atoms with van der Waals surface area (Å²) in [6, 6.07) is 3.33. The molecule has 0 radical (unpaired) electrons. The van der Waals surface area contributed by atoms with Crippen molar-refractivity contribution in [1.82, 2.24) is 5.32 Å². The van der Waals surface area contributed by atoms with Crippen LogP contribution in [-0.4, -0.2) is 54.7 Å². The van der Waals surface area contributed by atoms with E-state index in [9.17, 15) is 36.2 Å². The van der Waals surface area contributed by atoms with Crippen LogP contribution in [0.3, 0.4) is 0 Å². The van der Waals surface area contributed by atoms with Gasteiger partial charge in [-0.2, -0.15) is 13.2 Å². The molecule has 1 saturated heterocycles. The smallest absolute Gasteiger partial charge is 0.418 e. The molecule has 1 aliphatic rings. The Hall–Kier alpha value is -3.52. The standard InChI is InChI=1S/C28H29ClF6N4O3S/c1-14(2)26(37-4-6-42-23-10-17(31)9-20(32)25(23)29)18(12-36)27(43)38-21-7-15(8-24(40)41)22(11-19(21)28(33,34)35)39-5-3-16(30)13-39/h7,9-12,14,16,36-37H,3-6,8,13H2,1-2H3,(H,38,43)(H,40,41)/b26-18+,36-12?/t16-/m1/s1. The number of carbonyl (C=O) groups is 1. The van der Waals surface area contributed by atoms with Gasteiger partial charge in [-0.05, 0) is 30.0 Å². The van der Waals surface area contributed by atoms with Gasteiger partial charge < -0.3 is 30.8 Å². The summed E-state index contributed by atoms with van der Waals surface area (Å²) in [6.45, 7) is 3.36. The van der Waals surface area contributed by atoms with Gasteiger partial charge in [0.05, 0.1) is 17.7 Å². The van der Waals surface area contributed by atoms with Crippen molar-refractivity contribution in [2.24, 2.45) is 5.92 Å². The molecule has 2 aromatic carbocycles. The third-order valence-corrected chi connectivity index (χ3v) is 7.17. The lowest BCUT2D eigenvalue weighted by atomic mass is 10.0. The topological polar surface area (TPSA) is 97.7 Å². The Labute approximate surface area is 254 Å². The van der Waals surface area contributed by atoms with E-state index in [4.69, 9.17) is 34.0 Å². The molecule has 0 spiro atoms. The SMILES string of the molecule is CC(C)/C(NCCOc1cc(F)cc(F)c1Cl)=C(/C=N)C(=S)Nc1cc(CC(=O)O)c(N2CC[C@@H](F)C2)cc1C(F)(F)F. The molecule has 0 saturated carbocycles. The molecule has 1 heterocycles. The number of rotatable bonds is 12. The second kappa shape index (κ2) is 14.3. The fourth-order valence-electron chi connectivity index (χ4n) is 4.56. The summed E-state index contributed by atoms with van der Waals surface area (Å²) in [6.07, 6.45) is -5.80. The number of nitrogens with zero attached hydrogens (tertiary/aromatic N) is 1. The maximum Gasteiger partial charge on any atom is 0.418 e. The van der Waals surface area contributed by atoms with Gasteiger partial charge in [-0.25, -0.2) is 13.2 Å². The molecule has 1 aliphatic heterocycles. The fourth-order valence-corrected chi connectivity index (χ4v) is 5.00. The summed E-state index contributed by atoms with van der Waals surface area (Å²) in [5.41, 5.74) is -1.27. The zero-order valence-corrected chi connectivity index (χ0v) is 24.6. The summed E-state index contributed by atoms with van der Waals surface area (Å²) < 4.78 is 89.0. The first-order valence-corrected chi connectivity index (χ1v) is 13.8. The van der Waals surface area contributed by atoms with Gasteiger partial charge >= 0.3 is 12.1 Å². The number of aliphatic carboxylic acids is 1. The second-order valence-corrected chi connectivity index (χ2v) is 10.8. The van der Waals surface area contributed by atoms with Gasteiger partial charge in [0.2, 0.25) is 0 Å². The highest BCUT2D eigenvalue weighted by molar-refractivity contribution is 7.81. The van der Waals surface area contributed by atoms with Crippen molar-refractivity contribution in [2.75, 3.05) is 36.5 Å².